The van der Waals surface area contributed by atoms with E-state index in [9.17, 15) is 19.1 Å². The van der Waals surface area contributed by atoms with Crippen LogP contribution in [0.3, 0.4) is 0 Å². The minimum Gasteiger partial charge on any atom is -0.503 e. The Morgan fingerprint density at radius 3 is 2.59 bits per heavy atom. The van der Waals surface area contributed by atoms with E-state index in [0.717, 1.165) is 0 Å². The third-order valence-corrected chi connectivity index (χ3v) is 3.15. The topological polar surface area (TPSA) is 68.5 Å². The van der Waals surface area contributed by atoms with E-state index in [2.05, 4.69) is 0 Å². The SMILES string of the molecule is CCOC(=O)Cn1ccc(=O)c(O)c1Cc1ccc(F)cc1. The van der Waals surface area contributed by atoms with Gasteiger partial charge in [0.1, 0.15) is 12.4 Å². The average Bonchev–Trinajstić information content (AvgIpc) is 2.49. The molecule has 0 aliphatic heterocycles. The van der Waals surface area contributed by atoms with Crippen molar-refractivity contribution in [3.63, 3.8) is 0 Å². The van der Waals surface area contributed by atoms with Gasteiger partial charge in [-0.25, -0.2) is 4.39 Å². The minimum atomic E-state index is -0.530. The van der Waals surface area contributed by atoms with Crippen LogP contribution in [0.15, 0.2) is 41.3 Å². The van der Waals surface area contributed by atoms with Crippen LogP contribution in [-0.4, -0.2) is 22.2 Å². The van der Waals surface area contributed by atoms with Crippen molar-refractivity contribution in [3.05, 3.63) is 63.8 Å². The van der Waals surface area contributed by atoms with Crippen molar-refractivity contribution in [1.29, 1.82) is 0 Å². The first-order valence-corrected chi connectivity index (χ1v) is 6.82. The molecule has 116 valence electrons. The summed E-state index contributed by atoms with van der Waals surface area (Å²) in [6.07, 6.45) is 1.62. The van der Waals surface area contributed by atoms with Gasteiger partial charge in [0.2, 0.25) is 5.43 Å². The van der Waals surface area contributed by atoms with E-state index in [1.165, 1.54) is 29.0 Å². The highest BCUT2D eigenvalue weighted by molar-refractivity contribution is 5.69. The van der Waals surface area contributed by atoms with E-state index in [4.69, 9.17) is 4.74 Å². The number of esters is 1. The van der Waals surface area contributed by atoms with Gasteiger partial charge >= 0.3 is 5.97 Å². The number of aromatic nitrogens is 1. The van der Waals surface area contributed by atoms with E-state index < -0.39 is 17.1 Å². The van der Waals surface area contributed by atoms with Crippen LogP contribution in [0, 0.1) is 5.82 Å². The maximum Gasteiger partial charge on any atom is 0.325 e. The zero-order valence-corrected chi connectivity index (χ0v) is 12.1. The molecule has 1 heterocycles. The lowest BCUT2D eigenvalue weighted by atomic mass is 10.1. The number of carbonyl (C=O) groups is 1. The van der Waals surface area contributed by atoms with Crippen molar-refractivity contribution in [2.24, 2.45) is 0 Å². The number of nitrogens with zero attached hydrogens (tertiary/aromatic N) is 1. The molecule has 0 unspecified atom stereocenters. The first kappa shape index (κ1) is 15.8. The summed E-state index contributed by atoms with van der Waals surface area (Å²) < 4.78 is 19.3. The van der Waals surface area contributed by atoms with Crippen molar-refractivity contribution in [1.82, 2.24) is 4.57 Å². The lowest BCUT2D eigenvalue weighted by molar-refractivity contribution is -0.143. The average molecular weight is 305 g/mol. The zero-order valence-electron chi connectivity index (χ0n) is 12.1. The Kier molecular flexibility index (Phi) is 4.93. The van der Waals surface area contributed by atoms with E-state index >= 15 is 0 Å². The molecule has 6 heteroatoms. The molecule has 22 heavy (non-hydrogen) atoms. The predicted molar refractivity (Wildman–Crippen MR) is 78.2 cm³/mol. The van der Waals surface area contributed by atoms with Crippen LogP contribution in [-0.2, 0) is 22.5 Å². The number of carbonyl (C=O) groups excluding carboxylic acids is 1. The summed E-state index contributed by atoms with van der Waals surface area (Å²) in [6, 6.07) is 6.89. The largest absolute Gasteiger partial charge is 0.503 e. The summed E-state index contributed by atoms with van der Waals surface area (Å²) in [5.74, 6) is -1.26. The van der Waals surface area contributed by atoms with Gasteiger partial charge in [0.25, 0.3) is 0 Å². The molecule has 0 fully saturated rings. The molecule has 1 N–H and O–H groups in total. The third kappa shape index (κ3) is 3.72. The van der Waals surface area contributed by atoms with Gasteiger partial charge in [-0.3, -0.25) is 9.59 Å². The Morgan fingerprint density at radius 1 is 1.27 bits per heavy atom. The van der Waals surface area contributed by atoms with Gasteiger partial charge in [-0.15, -0.1) is 0 Å². The predicted octanol–water partition coefficient (Wildman–Crippen LogP) is 1.85. The van der Waals surface area contributed by atoms with E-state index in [1.54, 1.807) is 19.1 Å². The fraction of sp³-hybridized carbons (Fsp3) is 0.250. The standard InChI is InChI=1S/C16H16FNO4/c1-2-22-15(20)10-18-8-7-14(19)16(21)13(18)9-11-3-5-12(17)6-4-11/h3-8,21H,2,9-10H2,1H3. The molecule has 2 rings (SSSR count). The molecule has 0 saturated heterocycles. The van der Waals surface area contributed by atoms with Crippen molar-refractivity contribution in [3.8, 4) is 5.75 Å². The summed E-state index contributed by atoms with van der Waals surface area (Å²) in [5.41, 5.74) is 0.462. The van der Waals surface area contributed by atoms with Crippen LogP contribution in [0.25, 0.3) is 0 Å². The molecule has 5 nitrogen and oxygen atoms in total. The molecule has 0 aliphatic rings. The van der Waals surface area contributed by atoms with Gasteiger partial charge in [-0.1, -0.05) is 12.1 Å². The highest BCUT2D eigenvalue weighted by Crippen LogP contribution is 2.17. The molecule has 1 aromatic heterocycles. The number of pyridine rings is 1. The second-order valence-corrected chi connectivity index (χ2v) is 4.71. The minimum absolute atomic E-state index is 0.113. The van der Waals surface area contributed by atoms with Crippen molar-refractivity contribution < 1.29 is 19.0 Å². The van der Waals surface area contributed by atoms with Crippen LogP contribution in [0.2, 0.25) is 0 Å². The summed E-state index contributed by atoms with van der Waals surface area (Å²) >= 11 is 0. The van der Waals surface area contributed by atoms with Gasteiger partial charge < -0.3 is 14.4 Å². The fourth-order valence-electron chi connectivity index (χ4n) is 2.08. The van der Waals surface area contributed by atoms with Crippen LogP contribution >= 0.6 is 0 Å². The van der Waals surface area contributed by atoms with Crippen molar-refractivity contribution in [2.45, 2.75) is 19.9 Å². The number of benzene rings is 1. The van der Waals surface area contributed by atoms with Gasteiger partial charge in [0.05, 0.1) is 12.3 Å². The Labute approximate surface area is 126 Å². The first-order valence-electron chi connectivity index (χ1n) is 6.82. The van der Waals surface area contributed by atoms with Gasteiger partial charge in [-0.05, 0) is 24.6 Å². The fourth-order valence-corrected chi connectivity index (χ4v) is 2.08. The summed E-state index contributed by atoms with van der Waals surface area (Å²) in [7, 11) is 0. The second kappa shape index (κ2) is 6.89. The summed E-state index contributed by atoms with van der Waals surface area (Å²) in [6.45, 7) is 1.83. The van der Waals surface area contributed by atoms with Crippen LogP contribution in [0.4, 0.5) is 4.39 Å². The molecular weight excluding hydrogens is 289 g/mol. The summed E-state index contributed by atoms with van der Waals surface area (Å²) in [5, 5.41) is 9.98. The van der Waals surface area contributed by atoms with Crippen LogP contribution < -0.4 is 5.43 Å². The van der Waals surface area contributed by atoms with Crippen LogP contribution in [0.5, 0.6) is 5.75 Å². The van der Waals surface area contributed by atoms with E-state index in [1.807, 2.05) is 0 Å². The lowest BCUT2D eigenvalue weighted by Gasteiger charge is -2.14. The highest BCUT2D eigenvalue weighted by atomic mass is 19.1. The molecular formula is C16H16FNO4. The van der Waals surface area contributed by atoms with Gasteiger partial charge in [0, 0.05) is 18.7 Å². The Hall–Kier alpha value is -2.63. The van der Waals surface area contributed by atoms with Gasteiger partial charge in [-0.2, -0.15) is 0 Å². The molecule has 2 aromatic rings. The second-order valence-electron chi connectivity index (χ2n) is 4.71. The summed E-state index contributed by atoms with van der Waals surface area (Å²) in [4.78, 5) is 23.2. The number of aromatic hydroxyl groups is 1. The van der Waals surface area contributed by atoms with E-state index in [-0.39, 0.29) is 31.1 Å². The van der Waals surface area contributed by atoms with E-state index in [0.29, 0.717) is 5.56 Å². The lowest BCUT2D eigenvalue weighted by Crippen LogP contribution is -2.19. The number of hydrogen-bond acceptors (Lipinski definition) is 4. The first-order chi connectivity index (χ1) is 10.5. The number of hydrogen-bond donors (Lipinski definition) is 1. The number of ether oxygens (including phenoxy) is 1. The monoisotopic (exact) mass is 305 g/mol. The molecule has 0 spiro atoms. The molecule has 0 atom stereocenters. The molecule has 0 saturated carbocycles. The Bertz CT molecular complexity index is 722. The molecule has 0 amide bonds. The van der Waals surface area contributed by atoms with Crippen molar-refractivity contribution >= 4 is 5.97 Å². The normalized spacial score (nSPS) is 10.5. The number of rotatable bonds is 5. The Balaban J connectivity index is 2.34. The van der Waals surface area contributed by atoms with Crippen LogP contribution in [0.1, 0.15) is 18.2 Å². The third-order valence-electron chi connectivity index (χ3n) is 3.15. The molecule has 0 aliphatic carbocycles. The zero-order chi connectivity index (χ0) is 16.1. The maximum absolute atomic E-state index is 12.9. The van der Waals surface area contributed by atoms with Gasteiger partial charge in [0.15, 0.2) is 5.75 Å². The quantitative estimate of drug-likeness (QED) is 0.856. The smallest absolute Gasteiger partial charge is 0.325 e. The molecule has 0 bridgehead atoms. The molecule has 0 radical (unpaired) electrons. The maximum atomic E-state index is 12.9. The van der Waals surface area contributed by atoms with Crippen molar-refractivity contribution in [2.75, 3.05) is 6.61 Å². The Morgan fingerprint density at radius 2 is 1.95 bits per heavy atom. The highest BCUT2D eigenvalue weighted by Gasteiger charge is 2.13. The molecule has 1 aromatic carbocycles. The number of halogens is 1.